The smallest absolute Gasteiger partial charge is 0.0647 e. The van der Waals surface area contributed by atoms with Crippen molar-refractivity contribution in [2.24, 2.45) is 0 Å². The molecule has 0 heterocycles. The Morgan fingerprint density at radius 2 is 1.80 bits per heavy atom. The summed E-state index contributed by atoms with van der Waals surface area (Å²) in [6.07, 6.45) is 0. The third kappa shape index (κ3) is 1.57. The van der Waals surface area contributed by atoms with Gasteiger partial charge in [0.05, 0.1) is 15.7 Å². The molecule has 0 unspecified atom stereocenters. The van der Waals surface area contributed by atoms with Crippen LogP contribution in [0.25, 0.3) is 0 Å². The second-order valence-corrected chi connectivity index (χ2v) is 3.46. The fourth-order valence-corrected chi connectivity index (χ4v) is 1.35. The monoisotopic (exact) mass is 239 g/mol. The molecule has 2 N–H and O–H groups in total. The molecule has 1 aromatic rings. The predicted molar refractivity (Wildman–Crippen MR) is 48.6 cm³/mol. The van der Waals surface area contributed by atoms with Gasteiger partial charge in [-0.25, -0.2) is 0 Å². The number of anilines is 1. The maximum atomic E-state index is 5.70. The summed E-state index contributed by atoms with van der Waals surface area (Å²) >= 11 is 14.6. The fourth-order valence-electron chi connectivity index (χ4n) is 0.538. The molecular formula is C6H4BrCl2N. The van der Waals surface area contributed by atoms with Crippen molar-refractivity contribution in [2.75, 3.05) is 5.73 Å². The van der Waals surface area contributed by atoms with E-state index in [0.717, 1.165) is 4.47 Å². The molecule has 4 heteroatoms. The highest BCUT2D eigenvalue weighted by Gasteiger charge is 2.00. The minimum absolute atomic E-state index is 0.495. The minimum Gasteiger partial charge on any atom is -0.397 e. The third-order valence-electron chi connectivity index (χ3n) is 1.04. The number of rotatable bonds is 0. The van der Waals surface area contributed by atoms with E-state index in [1.165, 1.54) is 0 Å². The third-order valence-corrected chi connectivity index (χ3v) is 2.56. The Kier molecular flexibility index (Phi) is 2.45. The van der Waals surface area contributed by atoms with E-state index in [-0.39, 0.29) is 0 Å². The van der Waals surface area contributed by atoms with E-state index >= 15 is 0 Å². The van der Waals surface area contributed by atoms with Crippen LogP contribution in [0.5, 0.6) is 0 Å². The molecule has 0 aliphatic heterocycles. The lowest BCUT2D eigenvalue weighted by molar-refractivity contribution is 1.63. The van der Waals surface area contributed by atoms with Gasteiger partial charge >= 0.3 is 0 Å². The summed E-state index contributed by atoms with van der Waals surface area (Å²) in [7, 11) is 0. The average molecular weight is 241 g/mol. The standard InChI is InChI=1S/C6H4BrCl2N/c7-3-1-5(9)6(10)2-4(3)8/h1-2H,10H2. The van der Waals surface area contributed by atoms with Crippen LogP contribution in [0.15, 0.2) is 16.6 Å². The number of nitrogen functional groups attached to an aromatic ring is 1. The SMILES string of the molecule is Nc1cc(Cl)c(Br)cc1Cl. The summed E-state index contributed by atoms with van der Waals surface area (Å²) < 4.78 is 0.758. The number of hydrogen-bond donors (Lipinski definition) is 1. The van der Waals surface area contributed by atoms with Crippen LogP contribution in [0.4, 0.5) is 5.69 Å². The van der Waals surface area contributed by atoms with Crippen LogP contribution in [-0.2, 0) is 0 Å². The second kappa shape index (κ2) is 2.99. The molecule has 0 amide bonds. The Balaban J connectivity index is 3.28. The lowest BCUT2D eigenvalue weighted by atomic mass is 10.3. The summed E-state index contributed by atoms with van der Waals surface area (Å²) in [5.41, 5.74) is 5.95. The van der Waals surface area contributed by atoms with Crippen LogP contribution in [-0.4, -0.2) is 0 Å². The van der Waals surface area contributed by atoms with E-state index in [1.807, 2.05) is 0 Å². The number of nitrogens with two attached hydrogens (primary N) is 1. The van der Waals surface area contributed by atoms with Gasteiger partial charge in [-0.3, -0.25) is 0 Å². The van der Waals surface area contributed by atoms with Crippen LogP contribution in [0.3, 0.4) is 0 Å². The maximum Gasteiger partial charge on any atom is 0.0647 e. The largest absolute Gasteiger partial charge is 0.397 e. The zero-order chi connectivity index (χ0) is 7.72. The molecule has 0 aliphatic rings. The normalized spacial score (nSPS) is 9.90. The van der Waals surface area contributed by atoms with Gasteiger partial charge in [0, 0.05) is 4.47 Å². The quantitative estimate of drug-likeness (QED) is 0.547. The highest BCUT2D eigenvalue weighted by Crippen LogP contribution is 2.30. The van der Waals surface area contributed by atoms with Crippen LogP contribution < -0.4 is 5.73 Å². The Morgan fingerprint density at radius 3 is 2.30 bits per heavy atom. The van der Waals surface area contributed by atoms with Crippen molar-refractivity contribution in [3.63, 3.8) is 0 Å². The first-order chi connectivity index (χ1) is 4.61. The van der Waals surface area contributed by atoms with Gasteiger partial charge in [-0.2, -0.15) is 0 Å². The number of benzene rings is 1. The number of hydrogen-bond acceptors (Lipinski definition) is 1. The highest BCUT2D eigenvalue weighted by molar-refractivity contribution is 9.10. The van der Waals surface area contributed by atoms with Gasteiger partial charge < -0.3 is 5.73 Å². The fraction of sp³-hybridized carbons (Fsp3) is 0. The molecule has 54 valence electrons. The molecule has 0 saturated heterocycles. The van der Waals surface area contributed by atoms with E-state index in [4.69, 9.17) is 28.9 Å². The van der Waals surface area contributed by atoms with Gasteiger partial charge in [0.1, 0.15) is 0 Å². The van der Waals surface area contributed by atoms with Crippen molar-refractivity contribution >= 4 is 44.8 Å². The minimum atomic E-state index is 0.495. The van der Waals surface area contributed by atoms with E-state index in [2.05, 4.69) is 15.9 Å². The van der Waals surface area contributed by atoms with Crippen LogP contribution in [0, 0.1) is 0 Å². The van der Waals surface area contributed by atoms with Crippen molar-refractivity contribution in [1.82, 2.24) is 0 Å². The molecule has 10 heavy (non-hydrogen) atoms. The molecule has 1 nitrogen and oxygen atoms in total. The Morgan fingerprint density at radius 1 is 1.20 bits per heavy atom. The highest BCUT2D eigenvalue weighted by atomic mass is 79.9. The van der Waals surface area contributed by atoms with Crippen molar-refractivity contribution in [3.8, 4) is 0 Å². The van der Waals surface area contributed by atoms with Gasteiger partial charge in [0.2, 0.25) is 0 Å². The van der Waals surface area contributed by atoms with Gasteiger partial charge in [0.15, 0.2) is 0 Å². The summed E-state index contributed by atoms with van der Waals surface area (Å²) in [6.45, 7) is 0. The second-order valence-electron chi connectivity index (χ2n) is 1.79. The van der Waals surface area contributed by atoms with Crippen LogP contribution in [0.2, 0.25) is 10.0 Å². The zero-order valence-corrected chi connectivity index (χ0v) is 7.96. The molecule has 0 aliphatic carbocycles. The van der Waals surface area contributed by atoms with Crippen molar-refractivity contribution in [3.05, 3.63) is 26.7 Å². The molecule has 0 radical (unpaired) electrons. The zero-order valence-electron chi connectivity index (χ0n) is 4.87. The number of halogens is 3. The lowest BCUT2D eigenvalue weighted by Crippen LogP contribution is -1.85. The topological polar surface area (TPSA) is 26.0 Å². The van der Waals surface area contributed by atoms with Crippen molar-refractivity contribution in [2.45, 2.75) is 0 Å². The van der Waals surface area contributed by atoms with Crippen LogP contribution >= 0.6 is 39.1 Å². The van der Waals surface area contributed by atoms with Crippen molar-refractivity contribution < 1.29 is 0 Å². The van der Waals surface area contributed by atoms with Crippen molar-refractivity contribution in [1.29, 1.82) is 0 Å². The summed E-state index contributed by atoms with van der Waals surface area (Å²) in [5, 5.41) is 1.08. The van der Waals surface area contributed by atoms with E-state index in [1.54, 1.807) is 12.1 Å². The maximum absolute atomic E-state index is 5.70. The summed E-state index contributed by atoms with van der Waals surface area (Å²) in [5.74, 6) is 0. The Bertz CT molecular complexity index is 212. The summed E-state index contributed by atoms with van der Waals surface area (Å²) in [4.78, 5) is 0. The van der Waals surface area contributed by atoms with Gasteiger partial charge in [0.25, 0.3) is 0 Å². The van der Waals surface area contributed by atoms with E-state index < -0.39 is 0 Å². The van der Waals surface area contributed by atoms with Crippen LogP contribution in [0.1, 0.15) is 0 Å². The molecule has 0 aromatic heterocycles. The molecule has 0 atom stereocenters. The first-order valence-corrected chi connectivity index (χ1v) is 4.06. The molecular weight excluding hydrogens is 237 g/mol. The molecule has 1 aromatic carbocycles. The van der Waals surface area contributed by atoms with E-state index in [0.29, 0.717) is 15.7 Å². The lowest BCUT2D eigenvalue weighted by Gasteiger charge is -1.99. The Hall–Kier alpha value is 0.0800. The van der Waals surface area contributed by atoms with Gasteiger partial charge in [-0.1, -0.05) is 23.2 Å². The molecule has 0 bridgehead atoms. The summed E-state index contributed by atoms with van der Waals surface area (Å²) in [6, 6.07) is 3.27. The first kappa shape index (κ1) is 8.18. The predicted octanol–water partition coefficient (Wildman–Crippen LogP) is 3.34. The van der Waals surface area contributed by atoms with Gasteiger partial charge in [-0.05, 0) is 28.1 Å². The molecule has 0 fully saturated rings. The molecule has 1 rings (SSSR count). The Labute approximate surface area is 77.2 Å². The average Bonchev–Trinajstić information content (AvgIpc) is 1.84. The molecule has 0 saturated carbocycles. The first-order valence-electron chi connectivity index (χ1n) is 2.51. The van der Waals surface area contributed by atoms with E-state index in [9.17, 15) is 0 Å². The van der Waals surface area contributed by atoms with Gasteiger partial charge in [-0.15, -0.1) is 0 Å². The molecule has 0 spiro atoms.